The van der Waals surface area contributed by atoms with Crippen LogP contribution >= 0.6 is 11.6 Å². The number of nitrogens with zero attached hydrogens (tertiary/aromatic N) is 1. The van der Waals surface area contributed by atoms with Gasteiger partial charge in [0, 0.05) is 11.1 Å². The molecule has 1 heterocycles. The number of alkyl halides is 3. The number of halogens is 5. The minimum atomic E-state index is -5.40. The fourth-order valence-corrected chi connectivity index (χ4v) is 4.66. The van der Waals surface area contributed by atoms with Gasteiger partial charge in [0.05, 0.1) is 35.6 Å². The first-order chi connectivity index (χ1) is 22.1. The van der Waals surface area contributed by atoms with Gasteiger partial charge in [-0.15, -0.1) is 0 Å². The maximum atomic E-state index is 14.8. The lowest BCUT2D eigenvalue weighted by atomic mass is 9.88. The summed E-state index contributed by atoms with van der Waals surface area (Å²) in [5.74, 6) is -2.14. The number of hydrogen-bond donors (Lipinski definition) is 4. The Morgan fingerprint density at radius 1 is 1.02 bits per heavy atom. The number of ether oxygens (including phenoxy) is 3. The number of pyridine rings is 1. The number of aromatic nitrogens is 1. The third kappa shape index (κ3) is 9.55. The molecule has 3 aromatic rings. The van der Waals surface area contributed by atoms with Crippen molar-refractivity contribution in [3.8, 4) is 22.8 Å². The number of hydrogen-bond acceptors (Lipinski definition) is 8. The van der Waals surface area contributed by atoms with Crippen LogP contribution in [0.2, 0.25) is 5.02 Å². The number of alkyl carbamates (subject to hydrolysis) is 1. The van der Waals surface area contributed by atoms with E-state index in [1.54, 1.807) is 20.8 Å². The molecular formula is C31H35ClF4N4O7S. The molecule has 0 aliphatic heterocycles. The Bertz CT molecular complexity index is 1700. The van der Waals surface area contributed by atoms with Crippen molar-refractivity contribution in [2.45, 2.75) is 57.5 Å². The zero-order valence-corrected chi connectivity index (χ0v) is 28.3. The van der Waals surface area contributed by atoms with E-state index >= 15 is 0 Å². The lowest BCUT2D eigenvalue weighted by Gasteiger charge is -2.33. The highest BCUT2D eigenvalue weighted by molar-refractivity contribution is 7.82. The van der Waals surface area contributed by atoms with E-state index in [2.05, 4.69) is 15.6 Å². The van der Waals surface area contributed by atoms with Crippen LogP contribution in [-0.2, 0) is 26.9 Å². The third-order valence-electron chi connectivity index (χ3n) is 6.73. The van der Waals surface area contributed by atoms with Gasteiger partial charge in [0.1, 0.15) is 22.4 Å². The molecule has 0 aliphatic rings. The summed E-state index contributed by atoms with van der Waals surface area (Å²) in [5.41, 5.74) is -7.21. The van der Waals surface area contributed by atoms with Gasteiger partial charge in [0.15, 0.2) is 17.4 Å². The number of amides is 2. The molecule has 2 atom stereocenters. The molecule has 1 aromatic heterocycles. The average Bonchev–Trinajstić information content (AvgIpc) is 2.97. The number of nitrogens with one attached hydrogen (secondary N) is 2. The van der Waals surface area contributed by atoms with Gasteiger partial charge in [-0.05, 0) is 88.7 Å². The lowest BCUT2D eigenvalue weighted by molar-refractivity contribution is -0.265. The summed E-state index contributed by atoms with van der Waals surface area (Å²) in [6.45, 7) is 6.45. The van der Waals surface area contributed by atoms with Crippen molar-refractivity contribution >= 4 is 34.6 Å². The molecule has 0 radical (unpaired) electrons. The average molecular weight is 719 g/mol. The van der Waals surface area contributed by atoms with E-state index in [-0.39, 0.29) is 44.8 Å². The fraction of sp³-hybridized carbons (Fsp3) is 0.387. The van der Waals surface area contributed by atoms with Crippen LogP contribution < -0.4 is 25.2 Å². The van der Waals surface area contributed by atoms with E-state index in [0.717, 1.165) is 24.3 Å². The molecule has 0 spiro atoms. The number of carbonyl (C=O) groups is 2. The summed E-state index contributed by atoms with van der Waals surface area (Å²) in [6, 6.07) is 9.27. The van der Waals surface area contributed by atoms with Gasteiger partial charge in [-0.25, -0.2) is 23.5 Å². The Balaban J connectivity index is 2.08. The number of methoxy groups -OCH3 is 1. The summed E-state index contributed by atoms with van der Waals surface area (Å²) in [5, 5.41) is 20.8. The van der Waals surface area contributed by atoms with Gasteiger partial charge in [-0.2, -0.15) is 13.2 Å². The zero-order chi connectivity index (χ0) is 36.2. The van der Waals surface area contributed by atoms with Gasteiger partial charge >= 0.3 is 12.3 Å². The fourth-order valence-electron chi connectivity index (χ4n) is 4.23. The van der Waals surface area contributed by atoms with Crippen molar-refractivity contribution in [2.75, 3.05) is 19.6 Å². The van der Waals surface area contributed by atoms with Crippen molar-refractivity contribution in [1.29, 1.82) is 0 Å². The van der Waals surface area contributed by atoms with E-state index in [9.17, 15) is 36.5 Å². The van der Waals surface area contributed by atoms with Crippen LogP contribution in [0.3, 0.4) is 0 Å². The Kier molecular flexibility index (Phi) is 11.7. The van der Waals surface area contributed by atoms with Crippen molar-refractivity contribution in [3.05, 3.63) is 76.2 Å². The van der Waals surface area contributed by atoms with Gasteiger partial charge in [0.25, 0.3) is 5.91 Å². The van der Waals surface area contributed by atoms with Crippen LogP contribution in [0, 0.1) is 5.82 Å². The highest BCUT2D eigenvalue weighted by atomic mass is 35.5. The molecule has 0 saturated heterocycles. The quantitative estimate of drug-likeness (QED) is 0.190. The molecule has 2 unspecified atom stereocenters. The molecule has 11 nitrogen and oxygen atoms in total. The van der Waals surface area contributed by atoms with E-state index in [4.69, 9.17) is 31.0 Å². The standard InChI is InChI=1S/C31H35ClF4N4O7S/c1-28(2,3)47-27(42)40-29(4,5)19-13-22(17-7-9-21(33)20(32)11-17)39-25(14-19)30(43,31(34,35)36)15-38-26(41)18-8-10-23(24(12-18)45-6)46-16-48(37)44/h7-14,43H,15-16,37H2,1-6H3,(H,38,41)(H,40,42). The van der Waals surface area contributed by atoms with E-state index in [1.807, 2.05) is 0 Å². The number of benzene rings is 2. The van der Waals surface area contributed by atoms with Crippen molar-refractivity contribution in [3.63, 3.8) is 0 Å². The monoisotopic (exact) mass is 718 g/mol. The van der Waals surface area contributed by atoms with E-state index in [0.29, 0.717) is 0 Å². The molecule has 262 valence electrons. The molecule has 0 fully saturated rings. The first-order valence-corrected chi connectivity index (χ1v) is 15.8. The van der Waals surface area contributed by atoms with Crippen LogP contribution in [0.5, 0.6) is 11.5 Å². The topological polar surface area (TPSA) is 162 Å². The molecule has 0 aliphatic carbocycles. The Hall–Kier alpha value is -3.99. The van der Waals surface area contributed by atoms with Crippen molar-refractivity contribution < 1.29 is 50.7 Å². The van der Waals surface area contributed by atoms with Crippen molar-refractivity contribution in [1.82, 2.24) is 15.6 Å². The smallest absolute Gasteiger partial charge is 0.424 e. The maximum Gasteiger partial charge on any atom is 0.424 e. The largest absolute Gasteiger partial charge is 0.493 e. The van der Waals surface area contributed by atoms with Crippen LogP contribution in [0.25, 0.3) is 11.3 Å². The first kappa shape index (κ1) is 38.5. The maximum absolute atomic E-state index is 14.8. The summed E-state index contributed by atoms with van der Waals surface area (Å²) < 4.78 is 85.1. The summed E-state index contributed by atoms with van der Waals surface area (Å²) in [6.07, 6.45) is -6.28. The minimum absolute atomic E-state index is 0.00382. The summed E-state index contributed by atoms with van der Waals surface area (Å²) >= 11 is 5.94. The normalized spacial score (nSPS) is 14.0. The second kappa shape index (κ2) is 14.6. The van der Waals surface area contributed by atoms with Crippen LogP contribution in [0.1, 0.15) is 56.2 Å². The highest BCUT2D eigenvalue weighted by Crippen LogP contribution is 2.40. The minimum Gasteiger partial charge on any atom is -0.493 e. The van der Waals surface area contributed by atoms with Crippen LogP contribution in [0.15, 0.2) is 48.5 Å². The molecule has 17 heteroatoms. The van der Waals surface area contributed by atoms with Gasteiger partial charge in [-0.1, -0.05) is 11.6 Å². The molecule has 0 bridgehead atoms. The van der Waals surface area contributed by atoms with Gasteiger partial charge in [-0.3, -0.25) is 4.79 Å². The predicted octanol–water partition coefficient (Wildman–Crippen LogP) is 5.45. The third-order valence-corrected chi connectivity index (χ3v) is 7.37. The van der Waals surface area contributed by atoms with Gasteiger partial charge < -0.3 is 30.0 Å². The Labute approximate surface area is 281 Å². The van der Waals surface area contributed by atoms with Gasteiger partial charge in [0.2, 0.25) is 5.60 Å². The van der Waals surface area contributed by atoms with Crippen molar-refractivity contribution in [2.24, 2.45) is 5.14 Å². The second-order valence-corrected chi connectivity index (χ2v) is 13.5. The molecule has 48 heavy (non-hydrogen) atoms. The number of carbonyl (C=O) groups excluding carboxylic acids is 2. The SMILES string of the molecule is COc1cc(C(=O)NCC(O)(c2cc(C(C)(C)NC(=O)OC(C)(C)C)cc(-c3ccc(F)c(Cl)c3)n2)C(F)(F)F)ccc1OCS(N)=O. The first-order valence-electron chi connectivity index (χ1n) is 14.1. The molecule has 5 N–H and O–H groups in total. The Morgan fingerprint density at radius 2 is 1.69 bits per heavy atom. The highest BCUT2D eigenvalue weighted by Gasteiger charge is 2.56. The number of aliphatic hydroxyl groups is 1. The molecule has 2 amide bonds. The molecule has 2 aromatic carbocycles. The summed E-state index contributed by atoms with van der Waals surface area (Å²) in [7, 11) is -0.564. The molecule has 3 rings (SSSR count). The Morgan fingerprint density at radius 3 is 2.25 bits per heavy atom. The second-order valence-electron chi connectivity index (χ2n) is 12.1. The number of nitrogens with two attached hydrogens (primary N) is 1. The summed E-state index contributed by atoms with van der Waals surface area (Å²) in [4.78, 5) is 29.7. The molecular weight excluding hydrogens is 684 g/mol. The lowest BCUT2D eigenvalue weighted by Crippen LogP contribution is -2.52. The van der Waals surface area contributed by atoms with E-state index < -0.39 is 64.0 Å². The van der Waals surface area contributed by atoms with Crippen LogP contribution in [0.4, 0.5) is 22.4 Å². The van der Waals surface area contributed by atoms with E-state index in [1.165, 1.54) is 45.2 Å². The zero-order valence-electron chi connectivity index (χ0n) is 26.8. The van der Waals surface area contributed by atoms with Crippen LogP contribution in [-0.4, -0.2) is 57.7 Å². The number of rotatable bonds is 11. The predicted molar refractivity (Wildman–Crippen MR) is 170 cm³/mol. The molecule has 0 saturated carbocycles.